The molecule has 5 rings (SSSR count). The number of hydrogen-bond acceptors (Lipinski definition) is 0. The monoisotopic (exact) mass is 295 g/mol. The Balaban J connectivity index is 1.78. The Labute approximate surface area is 135 Å². The van der Waals surface area contributed by atoms with E-state index < -0.39 is 0 Å². The van der Waals surface area contributed by atoms with Crippen molar-refractivity contribution in [2.45, 2.75) is 12.8 Å². The van der Waals surface area contributed by atoms with Crippen LogP contribution < -0.4 is 0 Å². The van der Waals surface area contributed by atoms with Crippen LogP contribution >= 0.6 is 0 Å². The van der Waals surface area contributed by atoms with Crippen LogP contribution in [0.25, 0.3) is 28.1 Å². The SMILES string of the molecule is CC1=Cn2cc3c4ccccc4cc-3cc2C1c1ccccc1. The second kappa shape index (κ2) is 4.60. The van der Waals surface area contributed by atoms with Crippen LogP contribution in [0.5, 0.6) is 0 Å². The molecule has 0 radical (unpaired) electrons. The van der Waals surface area contributed by atoms with Gasteiger partial charge in [0.05, 0.1) is 0 Å². The highest BCUT2D eigenvalue weighted by atomic mass is 15.0. The van der Waals surface area contributed by atoms with Gasteiger partial charge in [0.1, 0.15) is 0 Å². The van der Waals surface area contributed by atoms with Crippen molar-refractivity contribution in [1.29, 1.82) is 0 Å². The Morgan fingerprint density at radius 3 is 2.52 bits per heavy atom. The first-order valence-corrected chi connectivity index (χ1v) is 8.08. The molecule has 0 amide bonds. The summed E-state index contributed by atoms with van der Waals surface area (Å²) in [6.07, 6.45) is 4.56. The van der Waals surface area contributed by atoms with Gasteiger partial charge in [0.2, 0.25) is 0 Å². The van der Waals surface area contributed by atoms with Gasteiger partial charge in [0.15, 0.2) is 0 Å². The second-order valence-corrected chi connectivity index (χ2v) is 6.42. The zero-order valence-corrected chi connectivity index (χ0v) is 13.0. The largest absolute Gasteiger partial charge is 0.326 e. The third-order valence-corrected chi connectivity index (χ3v) is 4.97. The standard InChI is InChI=1S/C22H17N/c1-15-13-23-14-20-18(11-17-9-5-6-10-19(17)20)12-21(23)22(15)16-7-3-2-4-8-16/h2-14,22H,1H3. The van der Waals surface area contributed by atoms with E-state index in [9.17, 15) is 0 Å². The van der Waals surface area contributed by atoms with E-state index in [1.54, 1.807) is 0 Å². The van der Waals surface area contributed by atoms with Crippen molar-refractivity contribution >= 4 is 17.0 Å². The fraction of sp³-hybridized carbons (Fsp3) is 0.0909. The van der Waals surface area contributed by atoms with Crippen molar-refractivity contribution in [2.75, 3.05) is 0 Å². The van der Waals surface area contributed by atoms with Crippen LogP contribution in [0.3, 0.4) is 0 Å². The van der Waals surface area contributed by atoms with Crippen molar-refractivity contribution < 1.29 is 0 Å². The number of rotatable bonds is 1. The molecule has 0 N–H and O–H groups in total. The third-order valence-electron chi connectivity index (χ3n) is 4.97. The number of nitrogens with zero attached hydrogens (tertiary/aromatic N) is 1. The van der Waals surface area contributed by atoms with Gasteiger partial charge in [-0.1, -0.05) is 54.6 Å². The average Bonchev–Trinajstić information content (AvgIpc) is 3.09. The number of pyridine rings is 1. The molecular formula is C22H17N. The molecule has 1 unspecified atom stereocenters. The average molecular weight is 295 g/mol. The summed E-state index contributed by atoms with van der Waals surface area (Å²) in [5.74, 6) is 0.360. The molecule has 1 atom stereocenters. The van der Waals surface area contributed by atoms with Gasteiger partial charge in [-0.3, -0.25) is 0 Å². The lowest BCUT2D eigenvalue weighted by molar-refractivity contribution is 0.914. The van der Waals surface area contributed by atoms with Gasteiger partial charge >= 0.3 is 0 Å². The first-order chi connectivity index (χ1) is 11.3. The first-order valence-electron chi connectivity index (χ1n) is 8.08. The summed E-state index contributed by atoms with van der Waals surface area (Å²) < 4.78 is 2.31. The molecular weight excluding hydrogens is 278 g/mol. The molecule has 2 aromatic rings. The Morgan fingerprint density at radius 2 is 1.65 bits per heavy atom. The van der Waals surface area contributed by atoms with Crippen molar-refractivity contribution in [3.63, 3.8) is 0 Å². The van der Waals surface area contributed by atoms with Crippen LogP contribution in [0.2, 0.25) is 0 Å². The zero-order chi connectivity index (χ0) is 15.4. The first kappa shape index (κ1) is 12.7. The summed E-state index contributed by atoms with van der Waals surface area (Å²) in [5, 5.41) is 2.66. The Hall–Kier alpha value is -2.80. The van der Waals surface area contributed by atoms with Crippen molar-refractivity contribution in [3.8, 4) is 11.1 Å². The minimum Gasteiger partial charge on any atom is -0.326 e. The molecule has 0 aromatic heterocycles. The van der Waals surface area contributed by atoms with E-state index in [0.29, 0.717) is 5.92 Å². The van der Waals surface area contributed by atoms with Crippen LogP contribution in [0, 0.1) is 0 Å². The van der Waals surface area contributed by atoms with Gasteiger partial charge in [0.25, 0.3) is 0 Å². The topological polar surface area (TPSA) is 4.93 Å². The molecule has 1 heteroatoms. The summed E-state index contributed by atoms with van der Waals surface area (Å²) >= 11 is 0. The minimum absolute atomic E-state index is 0.360. The lowest BCUT2D eigenvalue weighted by Gasteiger charge is -2.16. The quantitative estimate of drug-likeness (QED) is 0.421. The van der Waals surface area contributed by atoms with Crippen molar-refractivity contribution in [1.82, 2.24) is 4.57 Å². The summed E-state index contributed by atoms with van der Waals surface area (Å²) in [5.41, 5.74) is 6.79. The van der Waals surface area contributed by atoms with Crippen molar-refractivity contribution in [3.05, 3.63) is 89.8 Å². The van der Waals surface area contributed by atoms with Gasteiger partial charge in [-0.25, -0.2) is 0 Å². The minimum atomic E-state index is 0.360. The fourth-order valence-electron chi connectivity index (χ4n) is 3.93. The molecule has 0 saturated heterocycles. The van der Waals surface area contributed by atoms with Gasteiger partial charge in [-0.15, -0.1) is 0 Å². The molecule has 1 nitrogen and oxygen atoms in total. The summed E-state index contributed by atoms with van der Waals surface area (Å²) in [6, 6.07) is 24.1. The number of allylic oxidation sites excluding steroid dienone is 1. The third kappa shape index (κ3) is 1.80. The van der Waals surface area contributed by atoms with Gasteiger partial charge in [0, 0.05) is 29.6 Å². The smallest absolute Gasteiger partial charge is 0.0470 e. The van der Waals surface area contributed by atoms with Gasteiger partial charge in [-0.05, 0) is 46.5 Å². The van der Waals surface area contributed by atoms with Crippen molar-refractivity contribution in [2.24, 2.45) is 0 Å². The second-order valence-electron chi connectivity index (χ2n) is 6.42. The predicted octanol–water partition coefficient (Wildman–Crippen LogP) is 5.75. The summed E-state index contributed by atoms with van der Waals surface area (Å²) in [4.78, 5) is 0. The Bertz CT molecular complexity index is 1020. The maximum atomic E-state index is 2.36. The van der Waals surface area contributed by atoms with Gasteiger partial charge < -0.3 is 4.57 Å². The molecule has 0 spiro atoms. The molecule has 0 bridgehead atoms. The van der Waals surface area contributed by atoms with Crippen LogP contribution in [0.4, 0.5) is 0 Å². The fourth-order valence-corrected chi connectivity index (χ4v) is 3.93. The number of hydrogen-bond donors (Lipinski definition) is 0. The van der Waals surface area contributed by atoms with E-state index in [0.717, 1.165) is 0 Å². The van der Waals surface area contributed by atoms with Crippen LogP contribution in [0.15, 0.2) is 78.5 Å². The lowest BCUT2D eigenvalue weighted by atomic mass is 9.90. The number of benzene rings is 2. The highest BCUT2D eigenvalue weighted by Crippen LogP contribution is 2.42. The predicted molar refractivity (Wildman–Crippen MR) is 96.8 cm³/mol. The molecule has 110 valence electrons. The highest BCUT2D eigenvalue weighted by molar-refractivity contribution is 6.02. The molecule has 2 aromatic carbocycles. The molecule has 1 aliphatic carbocycles. The lowest BCUT2D eigenvalue weighted by Crippen LogP contribution is -2.03. The van der Waals surface area contributed by atoms with E-state index in [4.69, 9.17) is 0 Å². The molecule has 3 aliphatic rings. The Morgan fingerprint density at radius 1 is 0.870 bits per heavy atom. The van der Waals surface area contributed by atoms with Gasteiger partial charge in [-0.2, -0.15) is 0 Å². The maximum Gasteiger partial charge on any atom is 0.0470 e. The Kier molecular flexibility index (Phi) is 2.54. The molecule has 0 fully saturated rings. The van der Waals surface area contributed by atoms with Crippen LogP contribution in [-0.2, 0) is 0 Å². The normalized spacial score (nSPS) is 16.7. The van der Waals surface area contributed by atoms with Crippen LogP contribution in [-0.4, -0.2) is 4.57 Å². The van der Waals surface area contributed by atoms with E-state index in [2.05, 4.69) is 90.6 Å². The van der Waals surface area contributed by atoms with E-state index in [1.807, 2.05) is 0 Å². The molecule has 0 saturated carbocycles. The molecule has 2 aliphatic heterocycles. The number of aromatic nitrogens is 1. The number of fused-ring (bicyclic) bond motifs is 4. The maximum absolute atomic E-state index is 2.36. The molecule has 2 heterocycles. The van der Waals surface area contributed by atoms with Crippen LogP contribution in [0.1, 0.15) is 24.1 Å². The van der Waals surface area contributed by atoms with E-state index in [-0.39, 0.29) is 0 Å². The zero-order valence-electron chi connectivity index (χ0n) is 13.0. The highest BCUT2D eigenvalue weighted by Gasteiger charge is 2.25. The summed E-state index contributed by atoms with van der Waals surface area (Å²) in [6.45, 7) is 2.23. The van der Waals surface area contributed by atoms with E-state index >= 15 is 0 Å². The molecule has 23 heavy (non-hydrogen) atoms. The summed E-state index contributed by atoms with van der Waals surface area (Å²) in [7, 11) is 0. The van der Waals surface area contributed by atoms with E-state index in [1.165, 1.54) is 38.7 Å².